The normalized spacial score (nSPS) is 22.5. The van der Waals surface area contributed by atoms with Crippen molar-refractivity contribution >= 4 is 39.8 Å². The number of benzene rings is 2. The lowest BCUT2D eigenvalue weighted by Gasteiger charge is -2.35. The molecule has 2 amide bonds. The molecule has 0 bridgehead atoms. The van der Waals surface area contributed by atoms with Crippen LogP contribution in [0, 0.1) is 0 Å². The van der Waals surface area contributed by atoms with Gasteiger partial charge in [-0.3, -0.25) is 33.8 Å². The Morgan fingerprint density at radius 2 is 1.57 bits per heavy atom. The van der Waals surface area contributed by atoms with Gasteiger partial charge in [0.1, 0.15) is 11.7 Å². The number of piperidine rings is 2. The van der Waals surface area contributed by atoms with Crippen LogP contribution < -0.4 is 16.3 Å². The molecule has 4 aliphatic rings. The first-order chi connectivity index (χ1) is 31.6. The largest absolute Gasteiger partial charge is 0.393 e. The number of aliphatic hydroxyl groups excluding tert-OH is 1. The first-order valence-corrected chi connectivity index (χ1v) is 24.3. The van der Waals surface area contributed by atoms with E-state index in [1.165, 1.54) is 15.7 Å². The predicted octanol–water partition coefficient (Wildman–Crippen LogP) is 5.99. The van der Waals surface area contributed by atoms with Crippen LogP contribution in [0.1, 0.15) is 108 Å². The molecule has 3 aliphatic heterocycles. The van der Waals surface area contributed by atoms with E-state index >= 15 is 0 Å². The number of likely N-dealkylation sites (tertiary alicyclic amines) is 1. The van der Waals surface area contributed by atoms with Crippen molar-refractivity contribution in [2.45, 2.75) is 128 Å². The van der Waals surface area contributed by atoms with Crippen molar-refractivity contribution in [2.75, 3.05) is 57.7 Å². The lowest BCUT2D eigenvalue weighted by molar-refractivity contribution is -0.135. The lowest BCUT2D eigenvalue weighted by atomic mass is 9.93. The Kier molecular flexibility index (Phi) is 14.1. The molecular formula is C50H68N10O5. The molecule has 1 saturated carbocycles. The summed E-state index contributed by atoms with van der Waals surface area (Å²) in [7, 11) is 1.74. The number of amides is 2. The fraction of sp³-hybridized carbons (Fsp3) is 0.580. The van der Waals surface area contributed by atoms with Gasteiger partial charge in [0.15, 0.2) is 0 Å². The van der Waals surface area contributed by atoms with Crippen LogP contribution in [-0.4, -0.2) is 126 Å². The van der Waals surface area contributed by atoms with Crippen molar-refractivity contribution in [3.05, 3.63) is 76.5 Å². The topological polar surface area (TPSA) is 155 Å². The van der Waals surface area contributed by atoms with Crippen molar-refractivity contribution in [2.24, 2.45) is 7.05 Å². The number of aromatic nitrogens is 5. The molecule has 6 heterocycles. The van der Waals surface area contributed by atoms with Crippen LogP contribution in [0.25, 0.3) is 33.2 Å². The highest BCUT2D eigenvalue weighted by Crippen LogP contribution is 2.37. The maximum absolute atomic E-state index is 13.2. The summed E-state index contributed by atoms with van der Waals surface area (Å²) in [6, 6.07) is 15.1. The van der Waals surface area contributed by atoms with E-state index in [0.29, 0.717) is 24.5 Å². The summed E-state index contributed by atoms with van der Waals surface area (Å²) in [5, 5.41) is 17.2. The predicted molar refractivity (Wildman–Crippen MR) is 254 cm³/mol. The summed E-state index contributed by atoms with van der Waals surface area (Å²) in [5.74, 6) is -0.0197. The molecule has 3 N–H and O–H groups in total. The number of aliphatic hydroxyl groups is 1. The first-order valence-electron chi connectivity index (χ1n) is 24.3. The third-order valence-electron chi connectivity index (χ3n) is 14.5. The Balaban J connectivity index is 0.704. The molecule has 3 saturated heterocycles. The molecule has 9 rings (SSSR count). The summed E-state index contributed by atoms with van der Waals surface area (Å²) >= 11 is 0. The van der Waals surface area contributed by atoms with E-state index in [-0.39, 0.29) is 30.2 Å². The van der Waals surface area contributed by atoms with Crippen LogP contribution in [0.4, 0.5) is 5.95 Å². The highest BCUT2D eigenvalue weighted by molar-refractivity contribution is 6.00. The molecule has 65 heavy (non-hydrogen) atoms. The Morgan fingerprint density at radius 1 is 0.862 bits per heavy atom. The minimum Gasteiger partial charge on any atom is -0.393 e. The number of fused-ring (bicyclic) bond motifs is 2. The summed E-state index contributed by atoms with van der Waals surface area (Å²) < 4.78 is 11.9. The number of nitrogens with one attached hydrogen (secondary N) is 2. The number of piperazine rings is 1. The SMILES string of the molecule is CCC[C@H](C)Nc1ncc2c(-c3ccc(CN4CCN(CCCOC5CCN(Cc6ccc7c(c6)n(C)c(=O)n7C6CCC(=O)NC6=O)CC5)CC4)cc3)cn([C@H]3CC[C@H](O)CC3)c2n1. The number of aryl methyl sites for hydroxylation is 1. The molecule has 4 fully saturated rings. The zero-order chi connectivity index (χ0) is 45.0. The summed E-state index contributed by atoms with van der Waals surface area (Å²) in [6.45, 7) is 14.2. The number of imidazole rings is 1. The molecule has 15 heteroatoms. The van der Waals surface area contributed by atoms with Gasteiger partial charge in [-0.25, -0.2) is 9.78 Å². The third-order valence-corrected chi connectivity index (χ3v) is 14.5. The summed E-state index contributed by atoms with van der Waals surface area (Å²) in [4.78, 5) is 54.9. The number of ether oxygens (including phenoxy) is 1. The van der Waals surface area contributed by atoms with Gasteiger partial charge < -0.3 is 24.6 Å². The highest BCUT2D eigenvalue weighted by Gasteiger charge is 2.32. The third kappa shape index (κ3) is 10.4. The fourth-order valence-corrected chi connectivity index (χ4v) is 10.7. The number of carbonyl (C=O) groups excluding carboxylic acids is 2. The molecule has 1 aliphatic carbocycles. The van der Waals surface area contributed by atoms with E-state index in [2.05, 4.69) is 86.3 Å². The smallest absolute Gasteiger partial charge is 0.329 e. The molecule has 5 aromatic rings. The second kappa shape index (κ2) is 20.3. The fourth-order valence-electron chi connectivity index (χ4n) is 10.7. The second-order valence-corrected chi connectivity index (χ2v) is 19.2. The Labute approximate surface area is 382 Å². The lowest BCUT2D eigenvalue weighted by Crippen LogP contribution is -2.46. The maximum Gasteiger partial charge on any atom is 0.329 e. The number of rotatable bonds is 16. The second-order valence-electron chi connectivity index (χ2n) is 19.2. The molecule has 3 aromatic heterocycles. The van der Waals surface area contributed by atoms with Gasteiger partial charge in [-0.2, -0.15) is 4.98 Å². The number of nitrogens with zero attached hydrogens (tertiary/aromatic N) is 8. The first kappa shape index (κ1) is 45.2. The van der Waals surface area contributed by atoms with Crippen LogP contribution >= 0.6 is 0 Å². The van der Waals surface area contributed by atoms with E-state index in [9.17, 15) is 19.5 Å². The van der Waals surface area contributed by atoms with E-state index in [1.807, 2.05) is 12.3 Å². The Bertz CT molecular complexity index is 2490. The van der Waals surface area contributed by atoms with E-state index in [4.69, 9.17) is 14.7 Å². The van der Waals surface area contributed by atoms with Gasteiger partial charge >= 0.3 is 5.69 Å². The number of hydrogen-bond donors (Lipinski definition) is 3. The van der Waals surface area contributed by atoms with Gasteiger partial charge in [-0.05, 0) is 93.5 Å². The van der Waals surface area contributed by atoms with Crippen molar-refractivity contribution in [3.63, 3.8) is 0 Å². The highest BCUT2D eigenvalue weighted by atomic mass is 16.5. The van der Waals surface area contributed by atoms with Crippen molar-refractivity contribution < 1.29 is 19.4 Å². The molecule has 348 valence electrons. The average molecular weight is 889 g/mol. The number of imide groups is 1. The average Bonchev–Trinajstić information content (AvgIpc) is 3.80. The molecule has 0 radical (unpaired) electrons. The van der Waals surface area contributed by atoms with Gasteiger partial charge in [0, 0.05) is 114 Å². The zero-order valence-corrected chi connectivity index (χ0v) is 38.6. The van der Waals surface area contributed by atoms with Crippen LogP contribution in [-0.2, 0) is 34.5 Å². The number of hydrogen-bond acceptors (Lipinski definition) is 11. The van der Waals surface area contributed by atoms with Gasteiger partial charge in [-0.15, -0.1) is 0 Å². The molecule has 0 spiro atoms. The van der Waals surface area contributed by atoms with Gasteiger partial charge in [0.05, 0.1) is 23.2 Å². The van der Waals surface area contributed by atoms with Crippen LogP contribution in [0.15, 0.2) is 59.7 Å². The van der Waals surface area contributed by atoms with Crippen molar-refractivity contribution in [3.8, 4) is 11.1 Å². The standard InChI is InChI=1S/C50H68N10O5/c1-4-6-34(2)52-49-51-30-41-42(33-59(47(41)54-49)38-12-14-39(61)15-13-38)37-10-7-35(8-11-37)31-58-26-24-56(25-27-58)21-5-28-65-40-19-22-57(23-20-40)32-36-9-16-43-45(29-36)55(3)50(64)60(43)44-17-18-46(62)53-48(44)63/h7-11,16,29-30,33-34,38-40,44,61H,4-6,12-15,17-28,31-32H2,1-3H3,(H,51,52,54)(H,53,62,63)/t34-,38-,39-,44?/m0/s1. The molecule has 15 nitrogen and oxygen atoms in total. The van der Waals surface area contributed by atoms with E-state index < -0.39 is 11.9 Å². The molecule has 2 aromatic carbocycles. The molecule has 1 unspecified atom stereocenters. The number of anilines is 1. The van der Waals surface area contributed by atoms with E-state index in [0.717, 1.165) is 156 Å². The molecular weight excluding hydrogens is 821 g/mol. The maximum atomic E-state index is 13.2. The van der Waals surface area contributed by atoms with Crippen LogP contribution in [0.5, 0.6) is 0 Å². The Hall–Kier alpha value is -4.93. The number of carbonyl (C=O) groups is 2. The van der Waals surface area contributed by atoms with Gasteiger partial charge in [0.2, 0.25) is 17.8 Å². The van der Waals surface area contributed by atoms with Crippen LogP contribution in [0.2, 0.25) is 0 Å². The van der Waals surface area contributed by atoms with E-state index in [1.54, 1.807) is 11.6 Å². The molecule has 2 atom stereocenters. The minimum absolute atomic E-state index is 0.201. The van der Waals surface area contributed by atoms with Gasteiger partial charge in [0.25, 0.3) is 0 Å². The Morgan fingerprint density at radius 3 is 2.31 bits per heavy atom. The summed E-state index contributed by atoms with van der Waals surface area (Å²) in [6.07, 6.45) is 13.7. The summed E-state index contributed by atoms with van der Waals surface area (Å²) in [5.41, 5.74) is 7.06. The van der Waals surface area contributed by atoms with Crippen molar-refractivity contribution in [1.29, 1.82) is 0 Å². The van der Waals surface area contributed by atoms with Crippen molar-refractivity contribution in [1.82, 2.24) is 43.7 Å². The van der Waals surface area contributed by atoms with Crippen LogP contribution in [0.3, 0.4) is 0 Å². The van der Waals surface area contributed by atoms with Gasteiger partial charge in [-0.1, -0.05) is 43.7 Å². The minimum atomic E-state index is -0.675. The zero-order valence-electron chi connectivity index (χ0n) is 38.6. The quantitative estimate of drug-likeness (QED) is 0.0791. The monoisotopic (exact) mass is 889 g/mol.